The molecule has 6 heteroatoms. The van der Waals surface area contributed by atoms with Crippen molar-refractivity contribution in [3.05, 3.63) is 65.7 Å². The Morgan fingerprint density at radius 2 is 1.76 bits per heavy atom. The van der Waals surface area contributed by atoms with Crippen molar-refractivity contribution in [2.45, 2.75) is 19.9 Å². The Labute approximate surface area is 146 Å². The van der Waals surface area contributed by atoms with Gasteiger partial charge < -0.3 is 10.1 Å². The van der Waals surface area contributed by atoms with Crippen LogP contribution in [0.25, 0.3) is 0 Å². The predicted octanol–water partition coefficient (Wildman–Crippen LogP) is 2.41. The second kappa shape index (κ2) is 9.22. The van der Waals surface area contributed by atoms with E-state index in [1.807, 2.05) is 44.2 Å². The van der Waals surface area contributed by atoms with E-state index in [1.165, 1.54) is 6.21 Å². The maximum Gasteiger partial charge on any atom is 0.329 e. The number of nitrogens with zero attached hydrogens (tertiary/aromatic N) is 1. The fraction of sp³-hybridized carbons (Fsp3) is 0.211. The number of carbonyl (C=O) groups excluding carboxylic acids is 2. The van der Waals surface area contributed by atoms with Crippen molar-refractivity contribution in [1.29, 1.82) is 0 Å². The molecule has 0 aromatic heterocycles. The van der Waals surface area contributed by atoms with E-state index in [4.69, 9.17) is 4.74 Å². The third kappa shape index (κ3) is 5.76. The fourth-order valence-corrected chi connectivity index (χ4v) is 2.12. The Balaban J connectivity index is 1.83. The largest absolute Gasteiger partial charge is 0.494 e. The van der Waals surface area contributed by atoms with Crippen LogP contribution >= 0.6 is 0 Å². The molecule has 6 nitrogen and oxygen atoms in total. The van der Waals surface area contributed by atoms with Crippen LogP contribution in [0.3, 0.4) is 0 Å². The highest BCUT2D eigenvalue weighted by atomic mass is 16.5. The highest BCUT2D eigenvalue weighted by Gasteiger charge is 2.16. The summed E-state index contributed by atoms with van der Waals surface area (Å²) in [5.74, 6) is -0.789. The Hall–Kier alpha value is -3.15. The molecule has 2 aromatic rings. The van der Waals surface area contributed by atoms with E-state index < -0.39 is 11.8 Å². The minimum Gasteiger partial charge on any atom is -0.494 e. The first kappa shape index (κ1) is 18.2. The summed E-state index contributed by atoms with van der Waals surface area (Å²) >= 11 is 0. The lowest BCUT2D eigenvalue weighted by Crippen LogP contribution is -2.39. The van der Waals surface area contributed by atoms with Gasteiger partial charge in [-0.3, -0.25) is 9.59 Å². The molecule has 0 saturated carbocycles. The zero-order valence-corrected chi connectivity index (χ0v) is 14.2. The molecule has 0 aliphatic heterocycles. The third-order valence-corrected chi connectivity index (χ3v) is 3.42. The number of hydrazone groups is 1. The third-order valence-electron chi connectivity index (χ3n) is 3.42. The summed E-state index contributed by atoms with van der Waals surface area (Å²) in [5, 5.41) is 6.42. The molecule has 25 heavy (non-hydrogen) atoms. The van der Waals surface area contributed by atoms with Crippen LogP contribution in [0.2, 0.25) is 0 Å². The number of hydrogen-bond acceptors (Lipinski definition) is 4. The molecule has 2 aromatic carbocycles. The molecular formula is C19H21N3O3. The number of hydrogen-bond donors (Lipinski definition) is 2. The maximum absolute atomic E-state index is 11.9. The Morgan fingerprint density at radius 3 is 2.40 bits per heavy atom. The molecule has 0 aliphatic carbocycles. The second-order valence-electron chi connectivity index (χ2n) is 5.31. The lowest BCUT2D eigenvalue weighted by atomic mass is 10.1. The van der Waals surface area contributed by atoms with Crippen molar-refractivity contribution in [3.63, 3.8) is 0 Å². The summed E-state index contributed by atoms with van der Waals surface area (Å²) in [6, 6.07) is 16.4. The lowest BCUT2D eigenvalue weighted by Gasteiger charge is -2.13. The standard InChI is InChI=1S/C19H21N3O3/c1-3-25-17-11-9-15(10-12-17)13-20-22-19(24)18(23)21-14(2)16-7-5-4-6-8-16/h4-14H,3H2,1-2H3,(H,21,23)(H,22,24). The van der Waals surface area contributed by atoms with Gasteiger partial charge in [0.15, 0.2) is 0 Å². The van der Waals surface area contributed by atoms with Crippen molar-refractivity contribution in [2.75, 3.05) is 6.61 Å². The number of ether oxygens (including phenoxy) is 1. The molecule has 0 heterocycles. The average molecular weight is 339 g/mol. The van der Waals surface area contributed by atoms with E-state index in [0.29, 0.717) is 6.61 Å². The van der Waals surface area contributed by atoms with E-state index in [2.05, 4.69) is 15.8 Å². The van der Waals surface area contributed by atoms with Crippen LogP contribution in [0.5, 0.6) is 5.75 Å². The van der Waals surface area contributed by atoms with Gasteiger partial charge in [-0.25, -0.2) is 5.43 Å². The molecule has 0 spiro atoms. The van der Waals surface area contributed by atoms with Gasteiger partial charge in [-0.15, -0.1) is 0 Å². The quantitative estimate of drug-likeness (QED) is 0.482. The topological polar surface area (TPSA) is 79.8 Å². The molecule has 0 radical (unpaired) electrons. The first-order chi connectivity index (χ1) is 12.1. The van der Waals surface area contributed by atoms with Gasteiger partial charge in [-0.2, -0.15) is 5.10 Å². The number of nitrogens with one attached hydrogen (secondary N) is 2. The van der Waals surface area contributed by atoms with Gasteiger partial charge >= 0.3 is 11.8 Å². The van der Waals surface area contributed by atoms with Crippen molar-refractivity contribution in [2.24, 2.45) is 5.10 Å². The smallest absolute Gasteiger partial charge is 0.329 e. The minimum atomic E-state index is -0.815. The lowest BCUT2D eigenvalue weighted by molar-refractivity contribution is -0.139. The summed E-state index contributed by atoms with van der Waals surface area (Å²) < 4.78 is 5.34. The van der Waals surface area contributed by atoms with Crippen LogP contribution in [0.1, 0.15) is 31.0 Å². The molecule has 2 rings (SSSR count). The molecule has 2 N–H and O–H groups in total. The summed E-state index contributed by atoms with van der Waals surface area (Å²) in [7, 11) is 0. The van der Waals surface area contributed by atoms with E-state index in [0.717, 1.165) is 16.9 Å². The van der Waals surface area contributed by atoms with Gasteiger partial charge in [0.2, 0.25) is 0 Å². The second-order valence-corrected chi connectivity index (χ2v) is 5.31. The first-order valence-electron chi connectivity index (χ1n) is 8.02. The molecule has 2 amide bonds. The summed E-state index contributed by atoms with van der Waals surface area (Å²) in [5.41, 5.74) is 3.91. The summed E-state index contributed by atoms with van der Waals surface area (Å²) in [6.45, 7) is 4.32. The van der Waals surface area contributed by atoms with E-state index in [9.17, 15) is 9.59 Å². The van der Waals surface area contributed by atoms with Crippen LogP contribution in [-0.2, 0) is 9.59 Å². The molecule has 1 unspecified atom stereocenters. The molecule has 0 bridgehead atoms. The average Bonchev–Trinajstić information content (AvgIpc) is 2.64. The van der Waals surface area contributed by atoms with Gasteiger partial charge in [0.1, 0.15) is 5.75 Å². The molecule has 0 aliphatic rings. The van der Waals surface area contributed by atoms with Crippen LogP contribution in [0, 0.1) is 0 Å². The van der Waals surface area contributed by atoms with Gasteiger partial charge in [0.25, 0.3) is 0 Å². The first-order valence-corrected chi connectivity index (χ1v) is 8.02. The maximum atomic E-state index is 11.9. The van der Waals surface area contributed by atoms with E-state index >= 15 is 0 Å². The van der Waals surface area contributed by atoms with Crippen LogP contribution in [-0.4, -0.2) is 24.6 Å². The van der Waals surface area contributed by atoms with E-state index in [1.54, 1.807) is 24.3 Å². The number of benzene rings is 2. The van der Waals surface area contributed by atoms with Gasteiger partial charge in [0.05, 0.1) is 18.9 Å². The number of rotatable bonds is 6. The van der Waals surface area contributed by atoms with Crippen LogP contribution in [0.4, 0.5) is 0 Å². The van der Waals surface area contributed by atoms with Crippen molar-refractivity contribution in [1.82, 2.24) is 10.7 Å². The molecule has 0 saturated heterocycles. The normalized spacial score (nSPS) is 11.8. The molecule has 130 valence electrons. The highest BCUT2D eigenvalue weighted by molar-refractivity contribution is 6.35. The van der Waals surface area contributed by atoms with Crippen LogP contribution < -0.4 is 15.5 Å². The van der Waals surface area contributed by atoms with Crippen molar-refractivity contribution >= 4 is 18.0 Å². The number of amides is 2. The SMILES string of the molecule is CCOc1ccc(C=NNC(=O)C(=O)NC(C)c2ccccc2)cc1. The van der Waals surface area contributed by atoms with Gasteiger partial charge in [0, 0.05) is 0 Å². The van der Waals surface area contributed by atoms with Crippen molar-refractivity contribution < 1.29 is 14.3 Å². The summed E-state index contributed by atoms with van der Waals surface area (Å²) in [6.07, 6.45) is 1.46. The van der Waals surface area contributed by atoms with Gasteiger partial charge in [-0.05, 0) is 49.2 Å². The predicted molar refractivity (Wildman–Crippen MR) is 96.3 cm³/mol. The Morgan fingerprint density at radius 1 is 1.08 bits per heavy atom. The monoisotopic (exact) mass is 339 g/mol. The van der Waals surface area contributed by atoms with E-state index in [-0.39, 0.29) is 6.04 Å². The summed E-state index contributed by atoms with van der Waals surface area (Å²) in [4.78, 5) is 23.7. The highest BCUT2D eigenvalue weighted by Crippen LogP contribution is 2.11. The molecule has 0 fully saturated rings. The van der Waals surface area contributed by atoms with Gasteiger partial charge in [-0.1, -0.05) is 30.3 Å². The zero-order chi connectivity index (χ0) is 18.1. The Kier molecular flexibility index (Phi) is 6.71. The molecule has 1 atom stereocenters. The number of carbonyl (C=O) groups is 2. The molecular weight excluding hydrogens is 318 g/mol. The fourth-order valence-electron chi connectivity index (χ4n) is 2.12. The minimum absolute atomic E-state index is 0.269. The Bertz CT molecular complexity index is 727. The van der Waals surface area contributed by atoms with Crippen molar-refractivity contribution in [3.8, 4) is 5.75 Å². The van der Waals surface area contributed by atoms with Crippen LogP contribution in [0.15, 0.2) is 59.7 Å². The zero-order valence-electron chi connectivity index (χ0n) is 14.2.